The molecule has 6 heteroatoms. The summed E-state index contributed by atoms with van der Waals surface area (Å²) in [6, 6.07) is 24.6. The highest BCUT2D eigenvalue weighted by Crippen LogP contribution is 2.26. The Bertz CT molecular complexity index is 1370. The molecule has 4 aromatic rings. The van der Waals surface area contributed by atoms with Crippen molar-refractivity contribution in [3.8, 4) is 0 Å². The maximum absolute atomic E-state index is 13.4. The first kappa shape index (κ1) is 22.6. The van der Waals surface area contributed by atoms with Crippen LogP contribution >= 0.6 is 0 Å². The molecule has 0 N–H and O–H groups in total. The van der Waals surface area contributed by atoms with Crippen LogP contribution in [0.5, 0.6) is 0 Å². The van der Waals surface area contributed by atoms with Crippen LogP contribution in [0.15, 0.2) is 99.3 Å². The number of benzene rings is 3. The Morgan fingerprint density at radius 1 is 0.727 bits per heavy atom. The Morgan fingerprint density at radius 2 is 1.24 bits per heavy atom. The molecule has 0 aliphatic carbocycles. The van der Waals surface area contributed by atoms with Gasteiger partial charge in [0.25, 0.3) is 5.91 Å². The first-order chi connectivity index (χ1) is 15.7. The van der Waals surface area contributed by atoms with E-state index in [0.717, 1.165) is 16.7 Å². The third kappa shape index (κ3) is 4.91. The lowest BCUT2D eigenvalue weighted by atomic mass is 10.1. The Kier molecular flexibility index (Phi) is 6.20. The third-order valence-electron chi connectivity index (χ3n) is 5.44. The highest BCUT2D eigenvalue weighted by molar-refractivity contribution is 7.91. The fraction of sp³-hybridized carbons (Fsp3) is 0.148. The van der Waals surface area contributed by atoms with E-state index in [2.05, 4.69) is 0 Å². The van der Waals surface area contributed by atoms with Gasteiger partial charge in [-0.1, -0.05) is 53.1 Å². The molecule has 4 rings (SSSR count). The predicted molar refractivity (Wildman–Crippen MR) is 128 cm³/mol. The van der Waals surface area contributed by atoms with E-state index in [1.807, 2.05) is 57.2 Å². The van der Waals surface area contributed by atoms with Crippen LogP contribution in [0, 0.1) is 20.8 Å². The lowest BCUT2D eigenvalue weighted by molar-refractivity contribution is 0.0983. The van der Waals surface area contributed by atoms with Gasteiger partial charge in [-0.05, 0) is 69.3 Å². The molecule has 168 valence electrons. The maximum atomic E-state index is 13.4. The highest BCUT2D eigenvalue weighted by atomic mass is 32.2. The Labute approximate surface area is 194 Å². The van der Waals surface area contributed by atoms with E-state index in [0.29, 0.717) is 17.0 Å². The van der Waals surface area contributed by atoms with E-state index >= 15 is 0 Å². The standard InChI is InChI=1S/C27H25NO4S/c1-19-4-10-22(11-5-19)27(29)28(23-12-6-20(2)7-13-23)18-24-14-17-26(32-24)33(30,31)25-15-8-21(3)9-16-25/h4-17H,18H2,1-3H3. The summed E-state index contributed by atoms with van der Waals surface area (Å²) in [7, 11) is -3.79. The molecule has 0 fully saturated rings. The number of carbonyl (C=O) groups is 1. The largest absolute Gasteiger partial charge is 0.447 e. The normalized spacial score (nSPS) is 11.4. The van der Waals surface area contributed by atoms with Crippen molar-refractivity contribution in [3.63, 3.8) is 0 Å². The average Bonchev–Trinajstić information content (AvgIpc) is 3.28. The van der Waals surface area contributed by atoms with Crippen molar-refractivity contribution in [2.24, 2.45) is 0 Å². The molecular formula is C27H25NO4S. The van der Waals surface area contributed by atoms with Crippen molar-refractivity contribution < 1.29 is 17.6 Å². The summed E-state index contributed by atoms with van der Waals surface area (Å²) in [6.45, 7) is 5.93. The van der Waals surface area contributed by atoms with Crippen LogP contribution < -0.4 is 4.90 Å². The van der Waals surface area contributed by atoms with Crippen LogP contribution in [0.1, 0.15) is 32.8 Å². The van der Waals surface area contributed by atoms with Crippen LogP contribution in [-0.4, -0.2) is 14.3 Å². The third-order valence-corrected chi connectivity index (χ3v) is 7.08. The molecule has 1 amide bonds. The van der Waals surface area contributed by atoms with E-state index in [1.54, 1.807) is 47.4 Å². The van der Waals surface area contributed by atoms with E-state index in [-0.39, 0.29) is 22.4 Å². The first-order valence-electron chi connectivity index (χ1n) is 10.6. The molecule has 0 atom stereocenters. The number of amides is 1. The number of nitrogens with zero attached hydrogens (tertiary/aromatic N) is 1. The quantitative estimate of drug-likeness (QED) is 0.361. The van der Waals surface area contributed by atoms with Gasteiger partial charge in [0.1, 0.15) is 5.76 Å². The lowest BCUT2D eigenvalue weighted by Crippen LogP contribution is -2.30. The van der Waals surface area contributed by atoms with Crippen molar-refractivity contribution >= 4 is 21.4 Å². The minimum Gasteiger partial charge on any atom is -0.447 e. The second kappa shape index (κ2) is 9.08. The van der Waals surface area contributed by atoms with Crippen LogP contribution in [0.2, 0.25) is 0 Å². The zero-order valence-corrected chi connectivity index (χ0v) is 19.6. The Hall–Kier alpha value is -3.64. The van der Waals surface area contributed by atoms with Gasteiger partial charge in [0.05, 0.1) is 11.4 Å². The average molecular weight is 460 g/mol. The molecule has 0 spiro atoms. The first-order valence-corrected chi connectivity index (χ1v) is 12.1. The summed E-state index contributed by atoms with van der Waals surface area (Å²) < 4.78 is 31.7. The molecule has 3 aromatic carbocycles. The molecule has 33 heavy (non-hydrogen) atoms. The minimum absolute atomic E-state index is 0.0964. The molecule has 5 nitrogen and oxygen atoms in total. The van der Waals surface area contributed by atoms with Crippen molar-refractivity contribution in [3.05, 3.63) is 113 Å². The predicted octanol–water partition coefficient (Wildman–Crippen LogP) is 5.88. The zero-order chi connectivity index (χ0) is 23.6. The Balaban J connectivity index is 1.66. The maximum Gasteiger partial charge on any atom is 0.258 e. The molecule has 0 radical (unpaired) electrons. The number of carbonyl (C=O) groups excluding carboxylic acids is 1. The molecule has 0 aliphatic rings. The van der Waals surface area contributed by atoms with Crippen LogP contribution in [0.3, 0.4) is 0 Å². The number of sulfone groups is 1. The van der Waals surface area contributed by atoms with Gasteiger partial charge in [-0.15, -0.1) is 0 Å². The summed E-state index contributed by atoms with van der Waals surface area (Å²) in [6.07, 6.45) is 0. The number of furan rings is 1. The van der Waals surface area contributed by atoms with Gasteiger partial charge in [-0.2, -0.15) is 0 Å². The molecule has 1 heterocycles. The number of aryl methyl sites for hydroxylation is 3. The number of hydrogen-bond donors (Lipinski definition) is 0. The topological polar surface area (TPSA) is 67.6 Å². The van der Waals surface area contributed by atoms with E-state index in [9.17, 15) is 13.2 Å². The molecule has 0 saturated carbocycles. The van der Waals surface area contributed by atoms with Crippen LogP contribution in [0.25, 0.3) is 0 Å². The van der Waals surface area contributed by atoms with Crippen LogP contribution in [-0.2, 0) is 16.4 Å². The van der Waals surface area contributed by atoms with Gasteiger partial charge in [0.2, 0.25) is 14.9 Å². The summed E-state index contributed by atoms with van der Waals surface area (Å²) >= 11 is 0. The fourth-order valence-electron chi connectivity index (χ4n) is 3.43. The van der Waals surface area contributed by atoms with Crippen molar-refractivity contribution in [1.29, 1.82) is 0 Å². The second-order valence-electron chi connectivity index (χ2n) is 8.13. The molecule has 1 aromatic heterocycles. The lowest BCUT2D eigenvalue weighted by Gasteiger charge is -2.22. The molecular weight excluding hydrogens is 434 g/mol. The van der Waals surface area contributed by atoms with Gasteiger partial charge >= 0.3 is 0 Å². The van der Waals surface area contributed by atoms with Crippen molar-refractivity contribution in [2.75, 3.05) is 4.90 Å². The minimum atomic E-state index is -3.79. The molecule has 0 aliphatic heterocycles. The van der Waals surface area contributed by atoms with Crippen molar-refractivity contribution in [1.82, 2.24) is 0 Å². The SMILES string of the molecule is Cc1ccc(C(=O)N(Cc2ccc(S(=O)(=O)c3ccc(C)cc3)o2)c2ccc(C)cc2)cc1. The summed E-state index contributed by atoms with van der Waals surface area (Å²) in [4.78, 5) is 15.1. The summed E-state index contributed by atoms with van der Waals surface area (Å²) in [5.74, 6) is 0.180. The van der Waals surface area contributed by atoms with E-state index in [1.165, 1.54) is 6.07 Å². The van der Waals surface area contributed by atoms with Gasteiger partial charge in [-0.3, -0.25) is 4.79 Å². The second-order valence-corrected chi connectivity index (χ2v) is 10.0. The number of anilines is 1. The molecule has 0 bridgehead atoms. The highest BCUT2D eigenvalue weighted by Gasteiger charge is 2.24. The zero-order valence-electron chi connectivity index (χ0n) is 18.8. The smallest absolute Gasteiger partial charge is 0.258 e. The number of rotatable bonds is 6. The summed E-state index contributed by atoms with van der Waals surface area (Å²) in [5, 5.41) is -0.145. The van der Waals surface area contributed by atoms with Gasteiger partial charge < -0.3 is 9.32 Å². The monoisotopic (exact) mass is 459 g/mol. The summed E-state index contributed by atoms with van der Waals surface area (Å²) in [5.41, 5.74) is 4.35. The van der Waals surface area contributed by atoms with Crippen LogP contribution in [0.4, 0.5) is 5.69 Å². The number of hydrogen-bond acceptors (Lipinski definition) is 4. The van der Waals surface area contributed by atoms with Gasteiger partial charge in [-0.25, -0.2) is 8.42 Å². The fourth-order valence-corrected chi connectivity index (χ4v) is 4.62. The molecule has 0 saturated heterocycles. The van der Waals surface area contributed by atoms with Gasteiger partial charge in [0.15, 0.2) is 0 Å². The van der Waals surface area contributed by atoms with Gasteiger partial charge in [0, 0.05) is 11.3 Å². The van der Waals surface area contributed by atoms with E-state index < -0.39 is 9.84 Å². The van der Waals surface area contributed by atoms with E-state index in [4.69, 9.17) is 4.42 Å². The van der Waals surface area contributed by atoms with Crippen molar-refractivity contribution in [2.45, 2.75) is 37.3 Å². The molecule has 0 unspecified atom stereocenters. The Morgan fingerprint density at radius 3 is 1.82 bits per heavy atom.